The van der Waals surface area contributed by atoms with Crippen LogP contribution in [0.2, 0.25) is 0 Å². The lowest BCUT2D eigenvalue weighted by Gasteiger charge is -2.19. The van der Waals surface area contributed by atoms with E-state index in [0.29, 0.717) is 5.92 Å². The van der Waals surface area contributed by atoms with Crippen molar-refractivity contribution in [2.75, 3.05) is 29.9 Å². The van der Waals surface area contributed by atoms with E-state index in [1.54, 1.807) is 0 Å². The number of hydrogen-bond donors (Lipinski definition) is 1. The molecule has 4 heteroatoms. The third-order valence-corrected chi connectivity index (χ3v) is 4.54. The van der Waals surface area contributed by atoms with Crippen molar-refractivity contribution in [1.29, 1.82) is 0 Å². The molecule has 1 N–H and O–H groups in total. The summed E-state index contributed by atoms with van der Waals surface area (Å²) < 4.78 is 0. The molecule has 1 saturated heterocycles. The molecule has 110 valence electrons. The first-order valence-corrected chi connectivity index (χ1v) is 8.05. The summed E-state index contributed by atoms with van der Waals surface area (Å²) in [5, 5.41) is 3.43. The van der Waals surface area contributed by atoms with E-state index in [4.69, 9.17) is 9.97 Å². The Hall–Kier alpha value is -1.32. The molecule has 2 unspecified atom stereocenters. The largest absolute Gasteiger partial charge is 0.370 e. The molecule has 0 amide bonds. The number of aromatic nitrogens is 2. The second-order valence-electron chi connectivity index (χ2n) is 6.53. The van der Waals surface area contributed by atoms with Crippen LogP contribution in [0.1, 0.15) is 51.8 Å². The van der Waals surface area contributed by atoms with Crippen LogP contribution in [0.25, 0.3) is 0 Å². The van der Waals surface area contributed by atoms with Gasteiger partial charge in [-0.2, -0.15) is 0 Å². The minimum atomic E-state index is 0.606. The Balaban J connectivity index is 1.83. The number of nitrogens with one attached hydrogen (secondary N) is 1. The average Bonchev–Trinajstić information content (AvgIpc) is 3.23. The summed E-state index contributed by atoms with van der Waals surface area (Å²) in [6.07, 6.45) is 3.63. The summed E-state index contributed by atoms with van der Waals surface area (Å²) in [5.41, 5.74) is 0. The van der Waals surface area contributed by atoms with Crippen molar-refractivity contribution in [1.82, 2.24) is 9.97 Å². The highest BCUT2D eigenvalue weighted by Gasteiger charge is 2.30. The van der Waals surface area contributed by atoms with Gasteiger partial charge < -0.3 is 10.2 Å². The molecule has 0 bridgehead atoms. The zero-order valence-corrected chi connectivity index (χ0v) is 12.9. The fourth-order valence-electron chi connectivity index (χ4n) is 2.80. The van der Waals surface area contributed by atoms with Crippen LogP contribution < -0.4 is 10.2 Å². The maximum absolute atomic E-state index is 4.83. The molecule has 2 heterocycles. The minimum absolute atomic E-state index is 0.606. The Labute approximate surface area is 122 Å². The van der Waals surface area contributed by atoms with E-state index in [-0.39, 0.29) is 0 Å². The van der Waals surface area contributed by atoms with Gasteiger partial charge in [-0.3, -0.25) is 0 Å². The standard InChI is InChI=1S/C16H26N4/c1-4-7-17-14-8-15(19-16(18-14)13-5-6-13)20-9-11(2)12(3)10-20/h8,11-13H,4-7,9-10H2,1-3H3,(H,17,18,19). The van der Waals surface area contributed by atoms with Gasteiger partial charge in [0.25, 0.3) is 0 Å². The van der Waals surface area contributed by atoms with Gasteiger partial charge in [-0.1, -0.05) is 20.8 Å². The van der Waals surface area contributed by atoms with Gasteiger partial charge in [0.1, 0.15) is 17.5 Å². The van der Waals surface area contributed by atoms with Gasteiger partial charge in [0.15, 0.2) is 0 Å². The van der Waals surface area contributed by atoms with Gasteiger partial charge in [-0.25, -0.2) is 9.97 Å². The smallest absolute Gasteiger partial charge is 0.136 e. The van der Waals surface area contributed by atoms with Crippen LogP contribution in [-0.4, -0.2) is 29.6 Å². The highest BCUT2D eigenvalue weighted by Crippen LogP contribution is 2.39. The molecule has 3 rings (SSSR count). The van der Waals surface area contributed by atoms with Gasteiger partial charge in [0.05, 0.1) is 0 Å². The molecule has 0 aromatic carbocycles. The maximum Gasteiger partial charge on any atom is 0.136 e. The molecule has 1 saturated carbocycles. The molecular weight excluding hydrogens is 248 g/mol. The number of hydrogen-bond acceptors (Lipinski definition) is 4. The minimum Gasteiger partial charge on any atom is -0.370 e. The van der Waals surface area contributed by atoms with Crippen molar-refractivity contribution in [3.05, 3.63) is 11.9 Å². The van der Waals surface area contributed by atoms with E-state index < -0.39 is 0 Å². The van der Waals surface area contributed by atoms with Crippen LogP contribution in [0.15, 0.2) is 6.07 Å². The van der Waals surface area contributed by atoms with E-state index in [0.717, 1.165) is 55.4 Å². The number of anilines is 2. The molecule has 2 fully saturated rings. The lowest BCUT2D eigenvalue weighted by Crippen LogP contribution is -2.22. The van der Waals surface area contributed by atoms with Crippen LogP contribution >= 0.6 is 0 Å². The third kappa shape index (κ3) is 2.89. The second-order valence-corrected chi connectivity index (χ2v) is 6.53. The molecular formula is C16H26N4. The topological polar surface area (TPSA) is 41.0 Å². The zero-order chi connectivity index (χ0) is 14.1. The molecule has 4 nitrogen and oxygen atoms in total. The number of rotatable bonds is 5. The number of nitrogens with zero attached hydrogens (tertiary/aromatic N) is 3. The fourth-order valence-corrected chi connectivity index (χ4v) is 2.80. The summed E-state index contributed by atoms with van der Waals surface area (Å²) in [6, 6.07) is 2.13. The molecule has 1 aromatic rings. The van der Waals surface area contributed by atoms with Gasteiger partial charge in [-0.05, 0) is 31.1 Å². The molecule has 1 aromatic heterocycles. The molecule has 1 aliphatic heterocycles. The fraction of sp³-hybridized carbons (Fsp3) is 0.750. The lowest BCUT2D eigenvalue weighted by molar-refractivity contribution is 0.494. The average molecular weight is 274 g/mol. The van der Waals surface area contributed by atoms with Crippen molar-refractivity contribution in [3.63, 3.8) is 0 Å². The van der Waals surface area contributed by atoms with Crippen molar-refractivity contribution in [2.24, 2.45) is 11.8 Å². The summed E-state index contributed by atoms with van der Waals surface area (Å²) in [5.74, 6) is 5.29. The Kier molecular flexibility index (Phi) is 3.81. The Morgan fingerprint density at radius 1 is 1.20 bits per heavy atom. The van der Waals surface area contributed by atoms with Gasteiger partial charge in [0.2, 0.25) is 0 Å². The Morgan fingerprint density at radius 3 is 2.50 bits per heavy atom. The highest BCUT2D eigenvalue weighted by atomic mass is 15.2. The molecule has 0 spiro atoms. The second kappa shape index (κ2) is 5.58. The molecule has 2 atom stereocenters. The van der Waals surface area contributed by atoms with Crippen LogP contribution in [0.4, 0.5) is 11.6 Å². The van der Waals surface area contributed by atoms with Crippen LogP contribution in [0.5, 0.6) is 0 Å². The lowest BCUT2D eigenvalue weighted by atomic mass is 10.0. The monoisotopic (exact) mass is 274 g/mol. The van der Waals surface area contributed by atoms with E-state index in [1.807, 2.05) is 0 Å². The summed E-state index contributed by atoms with van der Waals surface area (Å²) >= 11 is 0. The van der Waals surface area contributed by atoms with E-state index in [9.17, 15) is 0 Å². The van der Waals surface area contributed by atoms with Gasteiger partial charge in [-0.15, -0.1) is 0 Å². The van der Waals surface area contributed by atoms with E-state index in [2.05, 4.69) is 37.1 Å². The SMILES string of the molecule is CCCNc1cc(N2CC(C)C(C)C2)nc(C2CC2)n1. The first kappa shape index (κ1) is 13.7. The highest BCUT2D eigenvalue weighted by molar-refractivity contribution is 5.50. The maximum atomic E-state index is 4.83. The predicted molar refractivity (Wildman–Crippen MR) is 83.3 cm³/mol. The molecule has 1 aliphatic carbocycles. The first-order chi connectivity index (χ1) is 9.67. The van der Waals surface area contributed by atoms with E-state index in [1.165, 1.54) is 12.8 Å². The summed E-state index contributed by atoms with van der Waals surface area (Å²) in [4.78, 5) is 12.0. The predicted octanol–water partition coefficient (Wildman–Crippen LogP) is 3.27. The quantitative estimate of drug-likeness (QED) is 0.894. The molecule has 0 radical (unpaired) electrons. The van der Waals surface area contributed by atoms with Crippen molar-refractivity contribution in [2.45, 2.75) is 46.0 Å². The van der Waals surface area contributed by atoms with Gasteiger partial charge >= 0.3 is 0 Å². The molecule has 2 aliphatic rings. The van der Waals surface area contributed by atoms with Crippen LogP contribution in [-0.2, 0) is 0 Å². The van der Waals surface area contributed by atoms with Crippen molar-refractivity contribution >= 4 is 11.6 Å². The third-order valence-electron chi connectivity index (χ3n) is 4.54. The molecule has 20 heavy (non-hydrogen) atoms. The van der Waals surface area contributed by atoms with Crippen LogP contribution in [0.3, 0.4) is 0 Å². The normalized spacial score (nSPS) is 26.1. The van der Waals surface area contributed by atoms with Crippen molar-refractivity contribution in [3.8, 4) is 0 Å². The first-order valence-electron chi connectivity index (χ1n) is 8.05. The Morgan fingerprint density at radius 2 is 1.90 bits per heavy atom. The van der Waals surface area contributed by atoms with Crippen LogP contribution in [0, 0.1) is 11.8 Å². The van der Waals surface area contributed by atoms with Gasteiger partial charge in [0, 0.05) is 31.6 Å². The summed E-state index contributed by atoms with van der Waals surface area (Å²) in [7, 11) is 0. The Bertz CT molecular complexity index is 460. The summed E-state index contributed by atoms with van der Waals surface area (Å²) in [6.45, 7) is 10.1. The van der Waals surface area contributed by atoms with E-state index >= 15 is 0 Å². The zero-order valence-electron chi connectivity index (χ0n) is 12.9. The van der Waals surface area contributed by atoms with Crippen molar-refractivity contribution < 1.29 is 0 Å².